The summed E-state index contributed by atoms with van der Waals surface area (Å²) in [6.07, 6.45) is 0. The number of carbonyl (C=O) groups is 1. The van der Waals surface area contributed by atoms with E-state index in [1.807, 2.05) is 13.8 Å². The Bertz CT molecular complexity index is 974. The van der Waals surface area contributed by atoms with E-state index in [4.69, 9.17) is 0 Å². The fourth-order valence-corrected chi connectivity index (χ4v) is 3.93. The topological polar surface area (TPSA) is 36.4 Å². The van der Waals surface area contributed by atoms with Crippen LogP contribution in [-0.4, -0.2) is 42.0 Å². The maximum absolute atomic E-state index is 14.2. The van der Waals surface area contributed by atoms with Crippen LogP contribution < -0.4 is 4.90 Å². The van der Waals surface area contributed by atoms with Crippen LogP contribution in [0.3, 0.4) is 0 Å². The quantitative estimate of drug-likeness (QED) is 0.508. The molecule has 0 saturated carbocycles. The number of carbonyl (C=O) groups excluding carboxylic acids is 1. The van der Waals surface area contributed by atoms with E-state index in [0.29, 0.717) is 11.2 Å². The van der Waals surface area contributed by atoms with Crippen molar-refractivity contribution >= 4 is 45.0 Å². The number of benzene rings is 2. The zero-order chi connectivity index (χ0) is 20.3. The highest BCUT2D eigenvalue weighted by Crippen LogP contribution is 2.31. The first-order valence-corrected chi connectivity index (χ1v) is 9.81. The minimum Gasteiger partial charge on any atom is -0.302 e. The molecule has 1 heterocycles. The summed E-state index contributed by atoms with van der Waals surface area (Å²) in [6, 6.07) is 7.81. The molecule has 0 radical (unpaired) electrons. The molecule has 0 aliphatic carbocycles. The van der Waals surface area contributed by atoms with Crippen molar-refractivity contribution in [1.82, 2.24) is 9.88 Å². The SMILES string of the molecule is CCN(CC)CCN(C(=O)c1c(F)cccc1F)c1nc2c(F)cccc2s1.Cl. The number of aromatic nitrogens is 1. The molecular formula is C20H21ClF3N3OS. The maximum Gasteiger partial charge on any atom is 0.266 e. The second kappa shape index (κ2) is 10.0. The predicted molar refractivity (Wildman–Crippen MR) is 113 cm³/mol. The molecule has 0 unspecified atom stereocenters. The van der Waals surface area contributed by atoms with Gasteiger partial charge in [0.2, 0.25) is 0 Å². The van der Waals surface area contributed by atoms with Crippen LogP contribution in [0.15, 0.2) is 36.4 Å². The van der Waals surface area contributed by atoms with E-state index in [2.05, 4.69) is 9.88 Å². The van der Waals surface area contributed by atoms with Crippen LogP contribution in [0.4, 0.5) is 18.3 Å². The van der Waals surface area contributed by atoms with Crippen molar-refractivity contribution < 1.29 is 18.0 Å². The lowest BCUT2D eigenvalue weighted by atomic mass is 10.1. The van der Waals surface area contributed by atoms with Crippen molar-refractivity contribution in [1.29, 1.82) is 0 Å². The predicted octanol–water partition coefficient (Wildman–Crippen LogP) is 5.12. The van der Waals surface area contributed by atoms with E-state index in [-0.39, 0.29) is 29.6 Å². The van der Waals surface area contributed by atoms with Gasteiger partial charge >= 0.3 is 0 Å². The molecule has 0 atom stereocenters. The number of para-hydroxylation sites is 1. The maximum atomic E-state index is 14.2. The Labute approximate surface area is 177 Å². The summed E-state index contributed by atoms with van der Waals surface area (Å²) in [5, 5.41) is 0.208. The number of fused-ring (bicyclic) bond motifs is 1. The number of hydrogen-bond donors (Lipinski definition) is 0. The van der Waals surface area contributed by atoms with Gasteiger partial charge in [0.05, 0.1) is 4.70 Å². The Balaban J connectivity index is 0.00000300. The lowest BCUT2D eigenvalue weighted by Crippen LogP contribution is -2.39. The van der Waals surface area contributed by atoms with Gasteiger partial charge in [0.15, 0.2) is 5.13 Å². The molecule has 156 valence electrons. The Kier molecular flexibility index (Phi) is 8.01. The van der Waals surface area contributed by atoms with Crippen molar-refractivity contribution in [2.45, 2.75) is 13.8 Å². The average molecular weight is 444 g/mol. The molecule has 0 N–H and O–H groups in total. The molecule has 0 aliphatic rings. The Hall–Kier alpha value is -2.16. The fraction of sp³-hybridized carbons (Fsp3) is 0.300. The molecule has 0 aliphatic heterocycles. The van der Waals surface area contributed by atoms with E-state index in [1.165, 1.54) is 17.0 Å². The lowest BCUT2D eigenvalue weighted by molar-refractivity contribution is 0.0975. The third-order valence-corrected chi connectivity index (χ3v) is 5.59. The third-order valence-electron chi connectivity index (χ3n) is 4.55. The van der Waals surface area contributed by atoms with Crippen LogP contribution in [0.25, 0.3) is 10.2 Å². The highest BCUT2D eigenvalue weighted by molar-refractivity contribution is 7.22. The van der Waals surface area contributed by atoms with Crippen molar-refractivity contribution in [2.75, 3.05) is 31.1 Å². The van der Waals surface area contributed by atoms with Crippen molar-refractivity contribution in [3.63, 3.8) is 0 Å². The molecule has 2 aromatic carbocycles. The van der Waals surface area contributed by atoms with Gasteiger partial charge in [-0.1, -0.05) is 37.3 Å². The van der Waals surface area contributed by atoms with Gasteiger partial charge in [0, 0.05) is 13.1 Å². The van der Waals surface area contributed by atoms with Gasteiger partial charge in [-0.25, -0.2) is 18.2 Å². The highest BCUT2D eigenvalue weighted by Gasteiger charge is 2.27. The number of thiazole rings is 1. The number of hydrogen-bond acceptors (Lipinski definition) is 4. The first-order valence-electron chi connectivity index (χ1n) is 8.99. The van der Waals surface area contributed by atoms with Crippen molar-refractivity contribution in [3.05, 3.63) is 59.4 Å². The Morgan fingerprint density at radius 3 is 2.14 bits per heavy atom. The van der Waals surface area contributed by atoms with Gasteiger partial charge in [-0.05, 0) is 37.4 Å². The molecule has 0 fully saturated rings. The van der Waals surface area contributed by atoms with Crippen molar-refractivity contribution in [2.24, 2.45) is 0 Å². The van der Waals surface area contributed by atoms with Gasteiger partial charge in [-0.3, -0.25) is 9.69 Å². The van der Waals surface area contributed by atoms with E-state index in [0.717, 1.165) is 36.6 Å². The number of anilines is 1. The molecule has 3 aromatic rings. The van der Waals surface area contributed by atoms with E-state index >= 15 is 0 Å². The van der Waals surface area contributed by atoms with Gasteiger partial charge in [-0.2, -0.15) is 0 Å². The summed E-state index contributed by atoms with van der Waals surface area (Å²) < 4.78 is 43.0. The first-order chi connectivity index (χ1) is 13.5. The fourth-order valence-electron chi connectivity index (χ4n) is 2.92. The summed E-state index contributed by atoms with van der Waals surface area (Å²) in [4.78, 5) is 20.6. The van der Waals surface area contributed by atoms with Gasteiger partial charge in [-0.15, -0.1) is 12.4 Å². The van der Waals surface area contributed by atoms with Crippen LogP contribution in [-0.2, 0) is 0 Å². The standard InChI is InChI=1S/C20H20F3N3OS.ClH/c1-3-25(4-2)11-12-26(19(27)17-13(21)7-5-8-14(17)22)20-24-18-15(23)9-6-10-16(18)28-20;/h5-10H,3-4,11-12H2,1-2H3;1H. The number of likely N-dealkylation sites (N-methyl/N-ethyl adjacent to an activating group) is 1. The largest absolute Gasteiger partial charge is 0.302 e. The Morgan fingerprint density at radius 1 is 0.966 bits per heavy atom. The van der Waals surface area contributed by atoms with Crippen LogP contribution in [0.1, 0.15) is 24.2 Å². The minimum atomic E-state index is -0.940. The van der Waals surface area contributed by atoms with Crippen molar-refractivity contribution in [3.8, 4) is 0 Å². The van der Waals surface area contributed by atoms with Crippen LogP contribution in [0.5, 0.6) is 0 Å². The molecule has 0 spiro atoms. The summed E-state index contributed by atoms with van der Waals surface area (Å²) in [7, 11) is 0. The normalized spacial score (nSPS) is 11.0. The number of rotatable bonds is 7. The average Bonchev–Trinajstić information content (AvgIpc) is 3.10. The monoisotopic (exact) mass is 443 g/mol. The van der Waals surface area contributed by atoms with Gasteiger partial charge in [0.25, 0.3) is 5.91 Å². The molecule has 9 heteroatoms. The van der Waals surface area contributed by atoms with Crippen LogP contribution in [0.2, 0.25) is 0 Å². The van der Waals surface area contributed by atoms with E-state index in [1.54, 1.807) is 12.1 Å². The number of amides is 1. The lowest BCUT2D eigenvalue weighted by Gasteiger charge is -2.25. The molecule has 1 amide bonds. The van der Waals surface area contributed by atoms with Crippen LogP contribution in [0, 0.1) is 17.5 Å². The van der Waals surface area contributed by atoms with Gasteiger partial charge in [0.1, 0.15) is 28.5 Å². The smallest absolute Gasteiger partial charge is 0.266 e. The van der Waals surface area contributed by atoms with Gasteiger partial charge < -0.3 is 4.90 Å². The summed E-state index contributed by atoms with van der Waals surface area (Å²) in [5.74, 6) is -3.22. The second-order valence-corrected chi connectivity index (χ2v) is 7.17. The molecule has 4 nitrogen and oxygen atoms in total. The molecule has 3 rings (SSSR count). The number of halogens is 4. The minimum absolute atomic E-state index is 0. The third kappa shape index (κ3) is 4.88. The highest BCUT2D eigenvalue weighted by atomic mass is 35.5. The van der Waals surface area contributed by atoms with Crippen LogP contribution >= 0.6 is 23.7 Å². The molecule has 29 heavy (non-hydrogen) atoms. The van der Waals surface area contributed by atoms with E-state index < -0.39 is 28.9 Å². The summed E-state index contributed by atoms with van der Waals surface area (Å²) in [6.45, 7) is 6.17. The Morgan fingerprint density at radius 2 is 1.55 bits per heavy atom. The molecule has 1 aromatic heterocycles. The summed E-state index contributed by atoms with van der Waals surface area (Å²) >= 11 is 1.11. The molecule has 0 bridgehead atoms. The molecule has 0 saturated heterocycles. The molecular weight excluding hydrogens is 423 g/mol. The zero-order valence-corrected chi connectivity index (χ0v) is 17.6. The first kappa shape index (κ1) is 23.1. The number of nitrogens with zero attached hydrogens (tertiary/aromatic N) is 3. The second-order valence-electron chi connectivity index (χ2n) is 6.16. The summed E-state index contributed by atoms with van der Waals surface area (Å²) in [5.41, 5.74) is -0.501. The zero-order valence-electron chi connectivity index (χ0n) is 16.0. The van der Waals surface area contributed by atoms with E-state index in [9.17, 15) is 18.0 Å².